The molecule has 0 bridgehead atoms. The molecule has 3 aromatic rings. The van der Waals surface area contributed by atoms with Crippen LogP contribution in [-0.2, 0) is 23.1 Å². The summed E-state index contributed by atoms with van der Waals surface area (Å²) in [6, 6.07) is 17.0. The summed E-state index contributed by atoms with van der Waals surface area (Å²) in [4.78, 5) is 16.0. The number of carbonyl (C=O) groups is 1. The van der Waals surface area contributed by atoms with Crippen molar-refractivity contribution in [2.24, 2.45) is 0 Å². The van der Waals surface area contributed by atoms with Crippen molar-refractivity contribution in [2.75, 3.05) is 0 Å². The Labute approximate surface area is 168 Å². The first-order valence-electron chi connectivity index (χ1n) is 8.46. The van der Waals surface area contributed by atoms with Gasteiger partial charge < -0.3 is 5.32 Å². The standard InChI is InChI=1S/C20H18ClN3O3S/c21-18-5-1-2-6-19(18)28(26,27)24-13-16-9-7-15(8-10-16)12-23-20(25)17-4-3-11-22-14-17/h1-11,14,24H,12-13H2,(H,23,25). The summed E-state index contributed by atoms with van der Waals surface area (Å²) in [6.07, 6.45) is 3.11. The van der Waals surface area contributed by atoms with Gasteiger partial charge in [-0.2, -0.15) is 0 Å². The van der Waals surface area contributed by atoms with Crippen molar-refractivity contribution in [3.05, 3.63) is 94.8 Å². The van der Waals surface area contributed by atoms with Gasteiger partial charge in [0.25, 0.3) is 5.91 Å². The highest BCUT2D eigenvalue weighted by molar-refractivity contribution is 7.89. The number of sulfonamides is 1. The molecule has 1 amide bonds. The Morgan fingerprint density at radius 2 is 1.61 bits per heavy atom. The van der Waals surface area contributed by atoms with Crippen LogP contribution in [0.15, 0.2) is 78.0 Å². The first-order chi connectivity index (χ1) is 13.5. The molecule has 2 aromatic carbocycles. The second-order valence-corrected chi connectivity index (χ2v) is 8.14. The first-order valence-corrected chi connectivity index (χ1v) is 10.3. The van der Waals surface area contributed by atoms with E-state index in [1.807, 2.05) is 12.1 Å². The van der Waals surface area contributed by atoms with E-state index in [4.69, 9.17) is 11.6 Å². The van der Waals surface area contributed by atoms with Crippen LogP contribution in [0.3, 0.4) is 0 Å². The van der Waals surface area contributed by atoms with Gasteiger partial charge in [0.15, 0.2) is 0 Å². The normalized spacial score (nSPS) is 11.2. The maximum absolute atomic E-state index is 12.4. The highest BCUT2D eigenvalue weighted by Crippen LogP contribution is 2.20. The number of nitrogens with zero attached hydrogens (tertiary/aromatic N) is 1. The fraction of sp³-hybridized carbons (Fsp3) is 0.100. The summed E-state index contributed by atoms with van der Waals surface area (Å²) in [5.74, 6) is -0.204. The van der Waals surface area contributed by atoms with E-state index >= 15 is 0 Å². The fourth-order valence-corrected chi connectivity index (χ4v) is 4.01. The number of nitrogens with one attached hydrogen (secondary N) is 2. The third-order valence-electron chi connectivity index (χ3n) is 3.99. The van der Waals surface area contributed by atoms with Crippen molar-refractivity contribution in [3.63, 3.8) is 0 Å². The quantitative estimate of drug-likeness (QED) is 0.620. The number of aromatic nitrogens is 1. The van der Waals surface area contributed by atoms with Crippen LogP contribution in [0.25, 0.3) is 0 Å². The molecule has 0 aliphatic heterocycles. The van der Waals surface area contributed by atoms with Crippen LogP contribution < -0.4 is 10.0 Å². The minimum Gasteiger partial charge on any atom is -0.348 e. The zero-order valence-electron chi connectivity index (χ0n) is 14.8. The molecule has 0 fully saturated rings. The number of amides is 1. The molecule has 144 valence electrons. The van der Waals surface area contributed by atoms with Gasteiger partial charge in [-0.1, -0.05) is 48.0 Å². The average molecular weight is 416 g/mol. The Kier molecular flexibility index (Phi) is 6.41. The molecule has 6 nitrogen and oxygen atoms in total. The van der Waals surface area contributed by atoms with Crippen LogP contribution in [-0.4, -0.2) is 19.3 Å². The molecule has 1 aromatic heterocycles. The number of pyridine rings is 1. The van der Waals surface area contributed by atoms with E-state index in [0.29, 0.717) is 12.1 Å². The van der Waals surface area contributed by atoms with Gasteiger partial charge in [0, 0.05) is 25.5 Å². The zero-order chi connectivity index (χ0) is 20.0. The van der Waals surface area contributed by atoms with Crippen LogP contribution >= 0.6 is 11.6 Å². The molecule has 8 heteroatoms. The number of carbonyl (C=O) groups excluding carboxylic acids is 1. The van der Waals surface area contributed by atoms with Gasteiger partial charge in [-0.25, -0.2) is 13.1 Å². The maximum Gasteiger partial charge on any atom is 0.253 e. The third-order valence-corrected chi connectivity index (χ3v) is 5.89. The molecule has 0 spiro atoms. The minimum absolute atomic E-state index is 0.0476. The molecule has 0 saturated heterocycles. The summed E-state index contributed by atoms with van der Waals surface area (Å²) in [5, 5.41) is 2.99. The number of hydrogen-bond acceptors (Lipinski definition) is 4. The van der Waals surface area contributed by atoms with Crippen LogP contribution in [0, 0.1) is 0 Å². The summed E-state index contributed by atoms with van der Waals surface area (Å²) in [6.45, 7) is 0.495. The van der Waals surface area contributed by atoms with E-state index in [1.165, 1.54) is 18.3 Å². The van der Waals surface area contributed by atoms with E-state index in [0.717, 1.165) is 11.1 Å². The highest BCUT2D eigenvalue weighted by Gasteiger charge is 2.16. The van der Waals surface area contributed by atoms with Crippen LogP contribution in [0.1, 0.15) is 21.5 Å². The third kappa shape index (κ3) is 5.16. The Balaban J connectivity index is 1.56. The summed E-state index contributed by atoms with van der Waals surface area (Å²) in [7, 11) is -3.70. The number of rotatable bonds is 7. The first kappa shape index (κ1) is 20.0. The maximum atomic E-state index is 12.4. The second-order valence-electron chi connectivity index (χ2n) is 6.00. The Morgan fingerprint density at radius 3 is 2.25 bits per heavy atom. The minimum atomic E-state index is -3.70. The monoisotopic (exact) mass is 415 g/mol. The molecule has 2 N–H and O–H groups in total. The molecule has 28 heavy (non-hydrogen) atoms. The second kappa shape index (κ2) is 8.97. The van der Waals surface area contributed by atoms with Gasteiger partial charge in [0.2, 0.25) is 10.0 Å². The van der Waals surface area contributed by atoms with Gasteiger partial charge in [-0.15, -0.1) is 0 Å². The van der Waals surface area contributed by atoms with E-state index in [1.54, 1.807) is 42.6 Å². The number of benzene rings is 2. The van der Waals surface area contributed by atoms with E-state index in [9.17, 15) is 13.2 Å². The van der Waals surface area contributed by atoms with Crippen LogP contribution in [0.4, 0.5) is 0 Å². The summed E-state index contributed by atoms with van der Waals surface area (Å²) >= 11 is 5.96. The molecule has 0 atom stereocenters. The number of halogens is 1. The molecular formula is C20H18ClN3O3S. The van der Waals surface area contributed by atoms with Crippen LogP contribution in [0.2, 0.25) is 5.02 Å². The SMILES string of the molecule is O=C(NCc1ccc(CNS(=O)(=O)c2ccccc2Cl)cc1)c1cccnc1. The van der Waals surface area contributed by atoms with Crippen molar-refractivity contribution < 1.29 is 13.2 Å². The molecule has 3 rings (SSSR count). The molecule has 0 aliphatic rings. The fourth-order valence-electron chi connectivity index (χ4n) is 2.48. The Bertz CT molecular complexity index is 1060. The van der Waals surface area contributed by atoms with Gasteiger partial charge in [0.1, 0.15) is 4.90 Å². The molecule has 0 saturated carbocycles. The zero-order valence-corrected chi connectivity index (χ0v) is 16.4. The van der Waals surface area contributed by atoms with E-state index in [-0.39, 0.29) is 22.4 Å². The molecule has 0 radical (unpaired) electrons. The lowest BCUT2D eigenvalue weighted by Gasteiger charge is -2.09. The topological polar surface area (TPSA) is 88.2 Å². The van der Waals surface area contributed by atoms with Gasteiger partial charge in [0.05, 0.1) is 10.6 Å². The van der Waals surface area contributed by atoms with Crippen molar-refractivity contribution in [1.82, 2.24) is 15.0 Å². The van der Waals surface area contributed by atoms with Gasteiger partial charge >= 0.3 is 0 Å². The Morgan fingerprint density at radius 1 is 0.929 bits per heavy atom. The largest absolute Gasteiger partial charge is 0.348 e. The Hall–Kier alpha value is -2.74. The van der Waals surface area contributed by atoms with Crippen molar-refractivity contribution in [1.29, 1.82) is 0 Å². The van der Waals surface area contributed by atoms with Crippen molar-refractivity contribution in [2.45, 2.75) is 18.0 Å². The smallest absolute Gasteiger partial charge is 0.253 e. The lowest BCUT2D eigenvalue weighted by Crippen LogP contribution is -2.24. The lowest BCUT2D eigenvalue weighted by atomic mass is 10.1. The van der Waals surface area contributed by atoms with Gasteiger partial charge in [-0.3, -0.25) is 9.78 Å². The summed E-state index contributed by atoms with van der Waals surface area (Å²) < 4.78 is 27.2. The molecule has 1 heterocycles. The molecule has 0 unspecified atom stereocenters. The number of hydrogen-bond donors (Lipinski definition) is 2. The average Bonchev–Trinajstić information content (AvgIpc) is 2.72. The van der Waals surface area contributed by atoms with Crippen molar-refractivity contribution in [3.8, 4) is 0 Å². The van der Waals surface area contributed by atoms with Gasteiger partial charge in [-0.05, 0) is 35.4 Å². The van der Waals surface area contributed by atoms with Crippen molar-refractivity contribution >= 4 is 27.5 Å². The summed E-state index contributed by atoms with van der Waals surface area (Å²) in [5.41, 5.74) is 2.18. The predicted octanol–water partition coefficient (Wildman–Crippen LogP) is 3.14. The lowest BCUT2D eigenvalue weighted by molar-refractivity contribution is 0.0950. The molecular weight excluding hydrogens is 398 g/mol. The van der Waals surface area contributed by atoms with E-state index < -0.39 is 10.0 Å². The highest BCUT2D eigenvalue weighted by atomic mass is 35.5. The van der Waals surface area contributed by atoms with E-state index in [2.05, 4.69) is 15.0 Å². The molecule has 0 aliphatic carbocycles. The predicted molar refractivity (Wildman–Crippen MR) is 107 cm³/mol. The van der Waals surface area contributed by atoms with Crippen LogP contribution in [0.5, 0.6) is 0 Å².